The monoisotopic (exact) mass is 481 g/mol. The van der Waals surface area contributed by atoms with Gasteiger partial charge in [-0.05, 0) is 31.6 Å². The van der Waals surface area contributed by atoms with Gasteiger partial charge < -0.3 is 39.9 Å². The molecule has 1 aromatic carbocycles. The molecule has 5 atom stereocenters. The predicted octanol–water partition coefficient (Wildman–Crippen LogP) is -0.653. The van der Waals surface area contributed by atoms with Gasteiger partial charge in [-0.1, -0.05) is 0 Å². The molecule has 1 aliphatic rings. The molecule has 0 aromatic heterocycles. The van der Waals surface area contributed by atoms with E-state index in [0.717, 1.165) is 18.2 Å². The van der Waals surface area contributed by atoms with Crippen LogP contribution in [0.25, 0.3) is 6.08 Å². The molecule has 0 spiro atoms. The summed E-state index contributed by atoms with van der Waals surface area (Å²) in [4.78, 5) is 35.5. The van der Waals surface area contributed by atoms with Crippen molar-refractivity contribution in [1.82, 2.24) is 4.90 Å². The Kier molecular flexibility index (Phi) is 8.49. The molecule has 34 heavy (non-hydrogen) atoms. The Labute approximate surface area is 192 Å². The number of aromatic hydroxyl groups is 1. The normalized spacial score (nSPS) is 24.7. The van der Waals surface area contributed by atoms with Crippen LogP contribution in [-0.4, -0.2) is 91.0 Å². The molecule has 0 aliphatic carbocycles. The van der Waals surface area contributed by atoms with Gasteiger partial charge in [0.2, 0.25) is 12.0 Å². The fraction of sp³-hybridized carbons (Fsp3) is 0.450. The zero-order valence-corrected chi connectivity index (χ0v) is 18.1. The number of carbonyl (C=O) groups excluding carboxylic acids is 1. The van der Waals surface area contributed by atoms with Gasteiger partial charge >= 0.3 is 11.7 Å². The highest BCUT2D eigenvalue weighted by molar-refractivity contribution is 6.01. The lowest BCUT2D eigenvalue weighted by Gasteiger charge is -2.38. The van der Waals surface area contributed by atoms with Crippen molar-refractivity contribution in [3.63, 3.8) is 0 Å². The predicted molar refractivity (Wildman–Crippen MR) is 111 cm³/mol. The smallest absolute Gasteiger partial charge is 0.335 e. The van der Waals surface area contributed by atoms with Crippen LogP contribution in [0.3, 0.4) is 0 Å². The van der Waals surface area contributed by atoms with Crippen LogP contribution in [0.2, 0.25) is 0 Å². The van der Waals surface area contributed by atoms with E-state index in [1.807, 2.05) is 0 Å². The van der Waals surface area contributed by atoms with Crippen LogP contribution in [0.1, 0.15) is 19.4 Å². The van der Waals surface area contributed by atoms with Crippen molar-refractivity contribution in [3.05, 3.63) is 33.4 Å². The fourth-order valence-electron chi connectivity index (χ4n) is 3.19. The van der Waals surface area contributed by atoms with Crippen LogP contribution in [-0.2, 0) is 14.3 Å². The maximum absolute atomic E-state index is 12.5. The molecule has 0 radical (unpaired) electrons. The first-order valence-corrected chi connectivity index (χ1v) is 9.98. The Morgan fingerprint density at radius 3 is 2.35 bits per heavy atom. The molecule has 1 saturated heterocycles. The van der Waals surface area contributed by atoms with E-state index in [1.165, 1.54) is 4.90 Å². The molecule has 1 aliphatic heterocycles. The number of amides is 1. The number of phenolic OH excluding ortho intramolecular Hbond substituents is 1. The number of carbonyl (C=O) groups is 2. The molecule has 2 rings (SSSR count). The van der Waals surface area contributed by atoms with Crippen molar-refractivity contribution in [2.24, 2.45) is 0 Å². The Balaban J connectivity index is 2.51. The summed E-state index contributed by atoms with van der Waals surface area (Å²) in [7, 11) is 0. The van der Waals surface area contributed by atoms with Crippen LogP contribution in [0.5, 0.6) is 11.5 Å². The largest absolute Gasteiger partial charge is 0.500 e. The number of carboxylic acid groups (broad SMARTS) is 1. The Bertz CT molecular complexity index is 1030. The van der Waals surface area contributed by atoms with E-state index in [-0.39, 0.29) is 11.1 Å². The maximum Gasteiger partial charge on any atom is 0.335 e. The van der Waals surface area contributed by atoms with Gasteiger partial charge in [-0.25, -0.2) is 4.79 Å². The number of aliphatic carboxylic acids is 1. The topological polar surface area (TPSA) is 224 Å². The molecular formula is C20H23N3O11. The minimum Gasteiger partial charge on any atom is -0.500 e. The van der Waals surface area contributed by atoms with E-state index in [4.69, 9.17) is 14.6 Å². The Hall–Kier alpha value is -3.77. The second-order valence-electron chi connectivity index (χ2n) is 7.14. The van der Waals surface area contributed by atoms with E-state index >= 15 is 0 Å². The van der Waals surface area contributed by atoms with Gasteiger partial charge in [0, 0.05) is 19.2 Å². The molecule has 14 nitrogen and oxygen atoms in total. The molecule has 1 aromatic rings. The van der Waals surface area contributed by atoms with Crippen LogP contribution in [0, 0.1) is 21.4 Å². The van der Waals surface area contributed by atoms with Gasteiger partial charge in [-0.3, -0.25) is 14.9 Å². The van der Waals surface area contributed by atoms with Crippen LogP contribution >= 0.6 is 0 Å². The number of phenols is 1. The number of nitriles is 1. The summed E-state index contributed by atoms with van der Waals surface area (Å²) in [5.74, 6) is -4.03. The van der Waals surface area contributed by atoms with Gasteiger partial charge in [-0.2, -0.15) is 5.26 Å². The number of aliphatic hydroxyl groups excluding tert-OH is 3. The van der Waals surface area contributed by atoms with Gasteiger partial charge in [0.05, 0.1) is 4.92 Å². The van der Waals surface area contributed by atoms with Crippen LogP contribution in [0.15, 0.2) is 17.7 Å². The number of carboxylic acids is 1. The lowest BCUT2D eigenvalue weighted by molar-refractivity contribution is -0.386. The Morgan fingerprint density at radius 1 is 1.24 bits per heavy atom. The number of benzene rings is 1. The van der Waals surface area contributed by atoms with E-state index in [1.54, 1.807) is 19.9 Å². The van der Waals surface area contributed by atoms with E-state index in [9.17, 15) is 45.4 Å². The number of nitrogens with zero attached hydrogens (tertiary/aromatic N) is 3. The van der Waals surface area contributed by atoms with Crippen molar-refractivity contribution in [2.45, 2.75) is 44.6 Å². The molecule has 0 bridgehead atoms. The molecular weight excluding hydrogens is 458 g/mol. The summed E-state index contributed by atoms with van der Waals surface area (Å²) in [5.41, 5.74) is -1.37. The number of rotatable bonds is 8. The second-order valence-corrected chi connectivity index (χ2v) is 7.14. The molecule has 1 heterocycles. The quantitative estimate of drug-likeness (QED) is 0.135. The average Bonchev–Trinajstić information content (AvgIpc) is 2.79. The first-order valence-electron chi connectivity index (χ1n) is 9.98. The zero-order valence-electron chi connectivity index (χ0n) is 18.1. The lowest BCUT2D eigenvalue weighted by Crippen LogP contribution is -2.61. The van der Waals surface area contributed by atoms with Crippen molar-refractivity contribution >= 4 is 23.6 Å². The molecule has 0 saturated carbocycles. The molecule has 1 fully saturated rings. The van der Waals surface area contributed by atoms with Gasteiger partial charge in [0.25, 0.3) is 5.91 Å². The summed E-state index contributed by atoms with van der Waals surface area (Å²) in [5, 5.41) is 70.0. The third-order valence-electron chi connectivity index (χ3n) is 5.04. The van der Waals surface area contributed by atoms with E-state index < -0.39 is 64.7 Å². The van der Waals surface area contributed by atoms with Gasteiger partial charge in [0.1, 0.15) is 30.0 Å². The number of likely N-dealkylation sites (N-methyl/N-ethyl adjacent to an activating group) is 1. The molecule has 1 amide bonds. The number of aliphatic hydroxyl groups is 3. The van der Waals surface area contributed by atoms with Crippen LogP contribution < -0.4 is 4.74 Å². The number of ether oxygens (including phenoxy) is 2. The van der Waals surface area contributed by atoms with Gasteiger partial charge in [-0.15, -0.1) is 0 Å². The Morgan fingerprint density at radius 2 is 1.85 bits per heavy atom. The summed E-state index contributed by atoms with van der Waals surface area (Å²) in [6.45, 7) is 3.99. The summed E-state index contributed by atoms with van der Waals surface area (Å²) < 4.78 is 10.2. The molecule has 0 unspecified atom stereocenters. The third-order valence-corrected chi connectivity index (χ3v) is 5.04. The second kappa shape index (κ2) is 10.9. The maximum atomic E-state index is 12.5. The highest BCUT2D eigenvalue weighted by Gasteiger charge is 2.48. The highest BCUT2D eigenvalue weighted by Crippen LogP contribution is 2.39. The van der Waals surface area contributed by atoms with Gasteiger partial charge in [0.15, 0.2) is 11.9 Å². The number of hydrogen-bond acceptors (Lipinski definition) is 11. The summed E-state index contributed by atoms with van der Waals surface area (Å²) in [6, 6.07) is 3.56. The SMILES string of the molecule is CCN(CC)C(=O)C(C#N)=Cc1cc(O[C@@H]2O[C@H](C(=O)O)[C@@H](O)[C@H](O)[C@H]2O)c(O)c([N+](=O)[O-])c1. The minimum absolute atomic E-state index is 0.114. The van der Waals surface area contributed by atoms with Crippen molar-refractivity contribution in [1.29, 1.82) is 5.26 Å². The zero-order chi connectivity index (χ0) is 25.7. The molecule has 184 valence electrons. The summed E-state index contributed by atoms with van der Waals surface area (Å²) >= 11 is 0. The minimum atomic E-state index is -2.02. The molecule has 14 heteroatoms. The average molecular weight is 481 g/mol. The van der Waals surface area contributed by atoms with Crippen molar-refractivity contribution < 1.29 is 49.5 Å². The third kappa shape index (κ3) is 5.41. The van der Waals surface area contributed by atoms with Crippen molar-refractivity contribution in [2.75, 3.05) is 13.1 Å². The summed E-state index contributed by atoms with van der Waals surface area (Å²) in [6.07, 6.45) is -8.97. The molecule has 5 N–H and O–H groups in total. The lowest BCUT2D eigenvalue weighted by atomic mass is 9.99. The number of hydrogen-bond donors (Lipinski definition) is 5. The van der Waals surface area contributed by atoms with Crippen molar-refractivity contribution in [3.8, 4) is 17.6 Å². The standard InChI is InChI=1S/C20H23N3O11/c1-3-22(4-2)18(28)10(8-21)5-9-6-11(23(31)32)13(24)12(7-9)33-20-16(27)14(25)15(26)17(34-20)19(29)30/h5-7,14-17,20,24-27H,3-4H2,1-2H3,(H,29,30)/t14-,15-,16+,17-,20+/m0/s1. The first kappa shape index (κ1) is 26.5. The number of nitro benzene ring substituents is 1. The van der Waals surface area contributed by atoms with E-state index in [2.05, 4.69) is 0 Å². The first-order chi connectivity index (χ1) is 16.0. The van der Waals surface area contributed by atoms with E-state index in [0.29, 0.717) is 13.1 Å². The fourth-order valence-corrected chi connectivity index (χ4v) is 3.19. The van der Waals surface area contributed by atoms with Crippen LogP contribution in [0.4, 0.5) is 5.69 Å². The highest BCUT2D eigenvalue weighted by atomic mass is 16.7. The number of nitro groups is 1.